The summed E-state index contributed by atoms with van der Waals surface area (Å²) in [6, 6.07) is -0.102. The van der Waals surface area contributed by atoms with E-state index in [1.807, 2.05) is 0 Å². The van der Waals surface area contributed by atoms with Crippen LogP contribution in [0.25, 0.3) is 0 Å². The molecular formula is C7H17NO3S. The summed E-state index contributed by atoms with van der Waals surface area (Å²) < 4.78 is 23.5. The summed E-state index contributed by atoms with van der Waals surface area (Å²) in [6.45, 7) is 5.30. The predicted octanol–water partition coefficient (Wildman–Crippen LogP) is 0.0372. The zero-order chi connectivity index (χ0) is 9.94. The van der Waals surface area contributed by atoms with Crippen molar-refractivity contribution in [2.24, 2.45) is 0 Å². The molecule has 0 aliphatic heterocycles. The Morgan fingerprint density at radius 1 is 1.33 bits per heavy atom. The zero-order valence-electron chi connectivity index (χ0n) is 7.98. The first-order valence-electron chi connectivity index (χ1n) is 3.90. The average Bonchev–Trinajstić information content (AvgIpc) is 1.79. The van der Waals surface area contributed by atoms with E-state index < -0.39 is 16.1 Å². The van der Waals surface area contributed by atoms with E-state index in [1.165, 1.54) is 4.31 Å². The number of sulfonamides is 1. The summed E-state index contributed by atoms with van der Waals surface area (Å²) >= 11 is 0. The molecule has 0 spiro atoms. The molecule has 0 radical (unpaired) electrons. The van der Waals surface area contributed by atoms with Crippen LogP contribution in [0.2, 0.25) is 0 Å². The molecule has 1 N–H and O–H groups in total. The van der Waals surface area contributed by atoms with Gasteiger partial charge in [0.15, 0.2) is 0 Å². The van der Waals surface area contributed by atoms with Crippen molar-refractivity contribution in [2.75, 3.05) is 12.8 Å². The first-order chi connectivity index (χ1) is 5.25. The summed E-state index contributed by atoms with van der Waals surface area (Å²) in [6.07, 6.45) is 0.525. The molecule has 0 aliphatic rings. The predicted molar refractivity (Wildman–Crippen MR) is 48.4 cm³/mol. The lowest BCUT2D eigenvalue weighted by Crippen LogP contribution is -2.40. The van der Waals surface area contributed by atoms with Gasteiger partial charge in [0, 0.05) is 12.6 Å². The van der Waals surface area contributed by atoms with Crippen LogP contribution in [-0.2, 0) is 10.0 Å². The lowest BCUT2D eigenvalue weighted by molar-refractivity contribution is 0.153. The second-order valence-electron chi connectivity index (χ2n) is 3.28. The quantitative estimate of drug-likeness (QED) is 0.689. The smallest absolute Gasteiger partial charge is 0.211 e. The van der Waals surface area contributed by atoms with E-state index in [1.54, 1.807) is 20.8 Å². The summed E-state index contributed by atoms with van der Waals surface area (Å²) in [5, 5.41) is 9.03. The third-order valence-electron chi connectivity index (χ3n) is 1.45. The molecule has 0 saturated carbocycles. The Hall–Kier alpha value is -0.130. The summed E-state index contributed by atoms with van der Waals surface area (Å²) in [7, 11) is -3.19. The Kier molecular flexibility index (Phi) is 4.16. The van der Waals surface area contributed by atoms with Crippen molar-refractivity contribution in [3.8, 4) is 0 Å². The van der Waals surface area contributed by atoms with Gasteiger partial charge >= 0.3 is 0 Å². The van der Waals surface area contributed by atoms with Crippen molar-refractivity contribution in [2.45, 2.75) is 32.9 Å². The molecule has 1 atom stereocenters. The van der Waals surface area contributed by atoms with Gasteiger partial charge in [0.2, 0.25) is 10.0 Å². The topological polar surface area (TPSA) is 57.6 Å². The fraction of sp³-hybridized carbons (Fsp3) is 1.00. The maximum absolute atomic E-state index is 11.1. The van der Waals surface area contributed by atoms with E-state index in [4.69, 9.17) is 5.11 Å². The third kappa shape index (κ3) is 4.04. The number of aliphatic hydroxyl groups excluding tert-OH is 1. The minimum atomic E-state index is -3.19. The van der Waals surface area contributed by atoms with Gasteiger partial charge in [0.1, 0.15) is 0 Å². The molecule has 5 heteroatoms. The van der Waals surface area contributed by atoms with E-state index in [0.29, 0.717) is 0 Å². The highest BCUT2D eigenvalue weighted by Gasteiger charge is 2.21. The van der Waals surface area contributed by atoms with Crippen LogP contribution in [0.4, 0.5) is 0 Å². The van der Waals surface area contributed by atoms with Crippen molar-refractivity contribution in [1.29, 1.82) is 0 Å². The zero-order valence-corrected chi connectivity index (χ0v) is 8.80. The van der Waals surface area contributed by atoms with Gasteiger partial charge in [-0.2, -0.15) is 4.31 Å². The monoisotopic (exact) mass is 195 g/mol. The number of aliphatic hydroxyl groups is 1. The average molecular weight is 195 g/mol. The molecule has 0 aromatic heterocycles. The first-order valence-corrected chi connectivity index (χ1v) is 5.75. The van der Waals surface area contributed by atoms with Crippen molar-refractivity contribution in [3.05, 3.63) is 0 Å². The fourth-order valence-electron chi connectivity index (χ4n) is 0.990. The minimum absolute atomic E-state index is 0.102. The first kappa shape index (κ1) is 11.9. The molecule has 0 aliphatic carbocycles. The Labute approximate surface area is 74.2 Å². The van der Waals surface area contributed by atoms with Crippen LogP contribution in [0.1, 0.15) is 20.8 Å². The third-order valence-corrected chi connectivity index (χ3v) is 2.87. The molecule has 74 valence electrons. The summed E-state index contributed by atoms with van der Waals surface area (Å²) in [4.78, 5) is 0. The highest BCUT2D eigenvalue weighted by atomic mass is 32.2. The minimum Gasteiger partial charge on any atom is -0.392 e. The van der Waals surface area contributed by atoms with Gasteiger partial charge in [-0.15, -0.1) is 0 Å². The van der Waals surface area contributed by atoms with Crippen LogP contribution in [0, 0.1) is 0 Å². The van der Waals surface area contributed by atoms with Crippen LogP contribution in [-0.4, -0.2) is 42.8 Å². The second kappa shape index (κ2) is 4.20. The number of hydrogen-bond acceptors (Lipinski definition) is 3. The molecular weight excluding hydrogens is 178 g/mol. The van der Waals surface area contributed by atoms with Gasteiger partial charge in [-0.25, -0.2) is 8.42 Å². The molecule has 0 fully saturated rings. The van der Waals surface area contributed by atoms with E-state index in [-0.39, 0.29) is 12.6 Å². The molecule has 0 saturated heterocycles. The highest BCUT2D eigenvalue weighted by molar-refractivity contribution is 7.88. The normalized spacial score (nSPS) is 15.6. The lowest BCUT2D eigenvalue weighted by Gasteiger charge is -2.24. The van der Waals surface area contributed by atoms with Gasteiger partial charge in [-0.3, -0.25) is 0 Å². The fourth-order valence-corrected chi connectivity index (χ4v) is 2.24. The lowest BCUT2D eigenvalue weighted by atomic mass is 10.3. The molecule has 0 unspecified atom stereocenters. The Balaban J connectivity index is 4.47. The number of hydrogen-bond donors (Lipinski definition) is 1. The molecule has 0 bridgehead atoms. The van der Waals surface area contributed by atoms with Crippen LogP contribution in [0.5, 0.6) is 0 Å². The highest BCUT2D eigenvalue weighted by Crippen LogP contribution is 2.05. The molecule has 0 heterocycles. The standard InChI is InChI=1S/C7H17NO3S/c1-6(2)8(5-7(3)9)12(4,10)11/h6-7,9H,5H2,1-4H3/t7-/m1/s1. The Bertz CT molecular complexity index is 221. The van der Waals surface area contributed by atoms with Gasteiger partial charge < -0.3 is 5.11 Å². The number of nitrogens with zero attached hydrogens (tertiary/aromatic N) is 1. The summed E-state index contributed by atoms with van der Waals surface area (Å²) in [5.74, 6) is 0. The summed E-state index contributed by atoms with van der Waals surface area (Å²) in [5.41, 5.74) is 0. The number of rotatable bonds is 4. The van der Waals surface area contributed by atoms with Gasteiger partial charge in [-0.1, -0.05) is 0 Å². The second-order valence-corrected chi connectivity index (χ2v) is 5.21. The van der Waals surface area contributed by atoms with Gasteiger partial charge in [0.05, 0.1) is 12.4 Å². The van der Waals surface area contributed by atoms with E-state index in [0.717, 1.165) is 6.26 Å². The molecule has 0 aromatic rings. The maximum Gasteiger partial charge on any atom is 0.211 e. The SMILES string of the molecule is CC(C)N(C[C@@H](C)O)S(C)(=O)=O. The van der Waals surface area contributed by atoms with Crippen LogP contribution in [0.3, 0.4) is 0 Å². The van der Waals surface area contributed by atoms with E-state index in [9.17, 15) is 8.42 Å². The van der Waals surface area contributed by atoms with Gasteiger partial charge in [-0.05, 0) is 20.8 Å². The van der Waals surface area contributed by atoms with Crippen molar-refractivity contribution in [3.63, 3.8) is 0 Å². The van der Waals surface area contributed by atoms with E-state index in [2.05, 4.69) is 0 Å². The Morgan fingerprint density at radius 3 is 1.83 bits per heavy atom. The molecule has 0 amide bonds. The van der Waals surface area contributed by atoms with Crippen LogP contribution in [0.15, 0.2) is 0 Å². The van der Waals surface area contributed by atoms with Crippen molar-refractivity contribution in [1.82, 2.24) is 4.31 Å². The molecule has 0 rings (SSSR count). The Morgan fingerprint density at radius 2 is 1.75 bits per heavy atom. The van der Waals surface area contributed by atoms with Gasteiger partial charge in [0.25, 0.3) is 0 Å². The largest absolute Gasteiger partial charge is 0.392 e. The molecule has 0 aromatic carbocycles. The molecule has 4 nitrogen and oxygen atoms in total. The molecule has 12 heavy (non-hydrogen) atoms. The van der Waals surface area contributed by atoms with Crippen molar-refractivity contribution >= 4 is 10.0 Å². The van der Waals surface area contributed by atoms with Crippen LogP contribution >= 0.6 is 0 Å². The van der Waals surface area contributed by atoms with Crippen molar-refractivity contribution < 1.29 is 13.5 Å². The van der Waals surface area contributed by atoms with E-state index >= 15 is 0 Å². The van der Waals surface area contributed by atoms with Crippen LogP contribution < -0.4 is 0 Å². The maximum atomic E-state index is 11.1.